The van der Waals surface area contributed by atoms with Gasteiger partial charge in [0.2, 0.25) is 17.7 Å². The maximum Gasteiger partial charge on any atom is 0.573 e. The van der Waals surface area contributed by atoms with E-state index in [1.807, 2.05) is 35.2 Å². The van der Waals surface area contributed by atoms with Gasteiger partial charge >= 0.3 is 12.0 Å². The van der Waals surface area contributed by atoms with Crippen LogP contribution in [0.5, 0.6) is 5.75 Å². The number of amides is 1. The van der Waals surface area contributed by atoms with Crippen LogP contribution in [0.1, 0.15) is 44.6 Å². The predicted octanol–water partition coefficient (Wildman–Crippen LogP) is 5.71. The molecule has 45 heavy (non-hydrogen) atoms. The summed E-state index contributed by atoms with van der Waals surface area (Å²) in [7, 11) is 0. The number of hydrogen-bond donors (Lipinski definition) is 3. The molecule has 1 saturated heterocycles. The molecule has 5 rings (SSSR count). The predicted molar refractivity (Wildman–Crippen MR) is 162 cm³/mol. The lowest BCUT2D eigenvalue weighted by Gasteiger charge is -2.42. The number of hydrogen-bond acceptors (Lipinski definition) is 9. The third-order valence-corrected chi connectivity index (χ3v) is 8.59. The monoisotopic (exact) mass is 627 g/mol. The first-order chi connectivity index (χ1) is 21.5. The summed E-state index contributed by atoms with van der Waals surface area (Å²) in [6.45, 7) is 3.51. The van der Waals surface area contributed by atoms with E-state index in [-0.39, 0.29) is 52.7 Å². The average molecular weight is 628 g/mol. The minimum atomic E-state index is -4.86. The lowest BCUT2D eigenvalue weighted by molar-refractivity contribution is -0.384. The first-order valence-corrected chi connectivity index (χ1v) is 14.9. The van der Waals surface area contributed by atoms with E-state index >= 15 is 0 Å². The molecule has 14 heteroatoms. The minimum absolute atomic E-state index is 0.0213. The Balaban J connectivity index is 1.37. The number of carbonyl (C=O) groups excluding carboxylic acids is 1. The summed E-state index contributed by atoms with van der Waals surface area (Å²) in [6, 6.07) is 14.9. The molecule has 1 amide bonds. The largest absolute Gasteiger partial charge is 0.573 e. The molecule has 1 aromatic heterocycles. The van der Waals surface area contributed by atoms with Crippen LogP contribution >= 0.6 is 0 Å². The van der Waals surface area contributed by atoms with Gasteiger partial charge in [-0.2, -0.15) is 4.98 Å². The molecule has 2 aliphatic rings. The second-order valence-electron chi connectivity index (χ2n) is 11.6. The molecular weight excluding hydrogens is 591 g/mol. The van der Waals surface area contributed by atoms with Crippen molar-refractivity contribution in [3.05, 3.63) is 76.5 Å². The second-order valence-corrected chi connectivity index (χ2v) is 11.6. The molecule has 2 heterocycles. The SMILES string of the molecule is CC(=O)N[C@]1(C2CCC(CN(c3ccccc3)c3nc(NCc4ccccc4OC(F)(F)F)ncc3[N+](=O)[O-])CC2)CCNC1. The Morgan fingerprint density at radius 3 is 2.49 bits per heavy atom. The van der Waals surface area contributed by atoms with Gasteiger partial charge in [0, 0.05) is 37.8 Å². The molecule has 1 aliphatic carbocycles. The summed E-state index contributed by atoms with van der Waals surface area (Å²) < 4.78 is 42.9. The van der Waals surface area contributed by atoms with Gasteiger partial charge in [-0.15, -0.1) is 13.2 Å². The molecular formula is C31H36F3N7O4. The zero-order valence-electron chi connectivity index (χ0n) is 24.8. The van der Waals surface area contributed by atoms with E-state index in [0.29, 0.717) is 18.2 Å². The summed E-state index contributed by atoms with van der Waals surface area (Å²) in [6.07, 6.45) is 0.694. The number of aromatic nitrogens is 2. The van der Waals surface area contributed by atoms with Gasteiger partial charge in [0.25, 0.3) is 0 Å². The second kappa shape index (κ2) is 13.7. The summed E-state index contributed by atoms with van der Waals surface area (Å²) in [5.74, 6) is 0.227. The third-order valence-electron chi connectivity index (χ3n) is 8.59. The Hall–Kier alpha value is -4.46. The fourth-order valence-corrected chi connectivity index (χ4v) is 6.52. The van der Waals surface area contributed by atoms with Gasteiger partial charge in [0.15, 0.2) is 0 Å². The maximum absolute atomic E-state index is 12.9. The Morgan fingerprint density at radius 1 is 1.13 bits per heavy atom. The van der Waals surface area contributed by atoms with Crippen LogP contribution in [0.3, 0.4) is 0 Å². The Bertz CT molecular complexity index is 1480. The van der Waals surface area contributed by atoms with Crippen molar-refractivity contribution in [2.75, 3.05) is 29.9 Å². The molecule has 0 radical (unpaired) electrons. The quantitative estimate of drug-likeness (QED) is 0.181. The highest BCUT2D eigenvalue weighted by atomic mass is 19.4. The van der Waals surface area contributed by atoms with E-state index in [2.05, 4.69) is 30.7 Å². The molecule has 3 N–H and O–H groups in total. The van der Waals surface area contributed by atoms with Crippen molar-refractivity contribution >= 4 is 29.0 Å². The summed E-state index contributed by atoms with van der Waals surface area (Å²) in [5.41, 5.74) is 0.377. The number of para-hydroxylation sites is 2. The highest BCUT2D eigenvalue weighted by Gasteiger charge is 2.43. The Labute approximate surface area is 258 Å². The van der Waals surface area contributed by atoms with Crippen molar-refractivity contribution in [1.82, 2.24) is 20.6 Å². The minimum Gasteiger partial charge on any atom is -0.405 e. The number of alkyl halides is 3. The fraction of sp³-hybridized carbons (Fsp3) is 0.452. The van der Waals surface area contributed by atoms with Gasteiger partial charge in [-0.3, -0.25) is 14.9 Å². The van der Waals surface area contributed by atoms with Crippen molar-refractivity contribution in [2.45, 2.75) is 57.5 Å². The molecule has 240 valence electrons. The van der Waals surface area contributed by atoms with E-state index in [4.69, 9.17) is 0 Å². The lowest BCUT2D eigenvalue weighted by atomic mass is 9.71. The summed E-state index contributed by atoms with van der Waals surface area (Å²) in [4.78, 5) is 34.1. The Morgan fingerprint density at radius 2 is 1.84 bits per heavy atom. The highest BCUT2D eigenvalue weighted by molar-refractivity contribution is 5.74. The fourth-order valence-electron chi connectivity index (χ4n) is 6.52. The van der Waals surface area contributed by atoms with Gasteiger partial charge in [0.05, 0.1) is 10.5 Å². The van der Waals surface area contributed by atoms with E-state index in [9.17, 15) is 28.1 Å². The standard InChI is InChI=1S/C31H36F3N7O4/c1-21(42)39-30(15-16-35-20-30)24-13-11-22(12-14-24)19-40(25-8-3-2-4-9-25)28-26(41(43)44)18-37-29(38-28)36-17-23-7-5-6-10-27(23)45-31(32,33)34/h2-10,18,22,24,35H,11-17,19-20H2,1H3,(H,39,42)(H,36,37,38)/t22?,24?,30-/m1/s1. The van der Waals surface area contributed by atoms with Crippen LogP contribution < -0.4 is 25.6 Å². The zero-order valence-corrected chi connectivity index (χ0v) is 24.8. The van der Waals surface area contributed by atoms with E-state index in [1.54, 1.807) is 13.0 Å². The molecule has 0 unspecified atom stereocenters. The van der Waals surface area contributed by atoms with Gasteiger partial charge < -0.3 is 25.6 Å². The van der Waals surface area contributed by atoms with Crippen LogP contribution in [0, 0.1) is 22.0 Å². The van der Waals surface area contributed by atoms with Crippen molar-refractivity contribution in [3.63, 3.8) is 0 Å². The summed E-state index contributed by atoms with van der Waals surface area (Å²) >= 11 is 0. The average Bonchev–Trinajstić information content (AvgIpc) is 3.48. The number of halogens is 3. The van der Waals surface area contributed by atoms with Crippen LogP contribution in [-0.2, 0) is 11.3 Å². The van der Waals surface area contributed by atoms with Gasteiger partial charge in [-0.05, 0) is 68.7 Å². The van der Waals surface area contributed by atoms with E-state index < -0.39 is 11.3 Å². The number of ether oxygens (including phenoxy) is 1. The number of nitro groups is 1. The van der Waals surface area contributed by atoms with Crippen LogP contribution in [-0.4, -0.2) is 52.3 Å². The highest BCUT2D eigenvalue weighted by Crippen LogP contribution is 2.41. The molecule has 0 spiro atoms. The molecule has 2 aromatic carbocycles. The number of nitrogens with one attached hydrogen (secondary N) is 3. The molecule has 1 saturated carbocycles. The van der Waals surface area contributed by atoms with Gasteiger partial charge in [0.1, 0.15) is 11.9 Å². The van der Waals surface area contributed by atoms with Crippen molar-refractivity contribution in [3.8, 4) is 5.75 Å². The summed E-state index contributed by atoms with van der Waals surface area (Å²) in [5, 5.41) is 21.7. The van der Waals surface area contributed by atoms with Crippen molar-refractivity contribution in [1.29, 1.82) is 0 Å². The van der Waals surface area contributed by atoms with Crippen molar-refractivity contribution < 1.29 is 27.6 Å². The number of carbonyl (C=O) groups is 1. The van der Waals surface area contributed by atoms with Crippen LogP contribution in [0.2, 0.25) is 0 Å². The van der Waals surface area contributed by atoms with Crippen molar-refractivity contribution in [2.24, 2.45) is 11.8 Å². The van der Waals surface area contributed by atoms with Crippen LogP contribution in [0.4, 0.5) is 36.3 Å². The topological polar surface area (TPSA) is 135 Å². The number of rotatable bonds is 11. The van der Waals surface area contributed by atoms with E-state index in [0.717, 1.165) is 51.4 Å². The number of benzene rings is 2. The van der Waals surface area contributed by atoms with E-state index in [1.165, 1.54) is 18.2 Å². The molecule has 0 bridgehead atoms. The number of nitrogens with zero attached hydrogens (tertiary/aromatic N) is 4. The Kier molecular flexibility index (Phi) is 9.71. The molecule has 1 aliphatic heterocycles. The molecule has 1 atom stereocenters. The first-order valence-electron chi connectivity index (χ1n) is 14.9. The van der Waals surface area contributed by atoms with Crippen LogP contribution in [0.25, 0.3) is 0 Å². The number of anilines is 3. The smallest absolute Gasteiger partial charge is 0.405 e. The molecule has 2 fully saturated rings. The lowest BCUT2D eigenvalue weighted by Crippen LogP contribution is -2.55. The molecule has 3 aromatic rings. The molecule has 11 nitrogen and oxygen atoms in total. The third kappa shape index (κ3) is 7.98. The first kappa shape index (κ1) is 31.9. The van der Waals surface area contributed by atoms with Crippen LogP contribution in [0.15, 0.2) is 60.8 Å². The zero-order chi connectivity index (χ0) is 32.0. The van der Waals surface area contributed by atoms with Gasteiger partial charge in [-0.1, -0.05) is 36.4 Å². The normalized spacial score (nSPS) is 21.6. The van der Waals surface area contributed by atoms with Gasteiger partial charge in [-0.25, -0.2) is 4.98 Å². The maximum atomic E-state index is 12.9.